The van der Waals surface area contributed by atoms with Crippen LogP contribution in [0.1, 0.15) is 42.8 Å². The molecule has 1 saturated heterocycles. The Morgan fingerprint density at radius 1 is 1.35 bits per heavy atom. The van der Waals surface area contributed by atoms with E-state index in [-0.39, 0.29) is 12.7 Å². The van der Waals surface area contributed by atoms with Crippen LogP contribution in [-0.2, 0) is 19.0 Å². The molecule has 5 nitrogen and oxygen atoms in total. The van der Waals surface area contributed by atoms with Gasteiger partial charge in [0.15, 0.2) is 5.79 Å². The number of rotatable bonds is 4. The molecule has 1 atom stereocenters. The number of carbonyl (C=O) groups is 2. The molecule has 1 fully saturated rings. The van der Waals surface area contributed by atoms with Crippen LogP contribution < -0.4 is 0 Å². The van der Waals surface area contributed by atoms with Crippen molar-refractivity contribution < 1.29 is 23.8 Å². The van der Waals surface area contributed by atoms with E-state index in [1.807, 2.05) is 13.8 Å². The Bertz CT molecular complexity index is 521. The summed E-state index contributed by atoms with van der Waals surface area (Å²) in [6, 6.07) is 6.87. The van der Waals surface area contributed by atoms with Gasteiger partial charge in [-0.05, 0) is 26.3 Å². The summed E-state index contributed by atoms with van der Waals surface area (Å²) in [7, 11) is 0. The molecule has 0 spiro atoms. The molecule has 1 unspecified atom stereocenters. The smallest absolute Gasteiger partial charge is 0.379 e. The van der Waals surface area contributed by atoms with E-state index in [1.54, 1.807) is 31.2 Å². The Morgan fingerprint density at radius 2 is 2.05 bits per heavy atom. The first-order chi connectivity index (χ1) is 9.44. The van der Waals surface area contributed by atoms with Crippen molar-refractivity contribution in [3.63, 3.8) is 0 Å². The second kappa shape index (κ2) is 5.73. The van der Waals surface area contributed by atoms with Crippen molar-refractivity contribution in [2.24, 2.45) is 0 Å². The van der Waals surface area contributed by atoms with E-state index in [0.29, 0.717) is 17.7 Å². The van der Waals surface area contributed by atoms with Gasteiger partial charge in [0.25, 0.3) is 5.78 Å². The molecule has 0 N–H and O–H groups in total. The largest absolute Gasteiger partial charge is 0.460 e. The molecule has 2 rings (SSSR count). The Morgan fingerprint density at radius 3 is 2.65 bits per heavy atom. The van der Waals surface area contributed by atoms with Gasteiger partial charge in [0.2, 0.25) is 0 Å². The summed E-state index contributed by atoms with van der Waals surface area (Å²) >= 11 is 0. The monoisotopic (exact) mass is 278 g/mol. The van der Waals surface area contributed by atoms with Crippen LogP contribution in [0.5, 0.6) is 0 Å². The van der Waals surface area contributed by atoms with Crippen molar-refractivity contribution in [3.8, 4) is 0 Å². The minimum atomic E-state index is -0.849. The number of benzene rings is 1. The summed E-state index contributed by atoms with van der Waals surface area (Å²) in [5, 5.41) is 0. The second-order valence-electron chi connectivity index (χ2n) is 4.95. The lowest BCUT2D eigenvalue weighted by molar-refractivity contribution is -0.139. The van der Waals surface area contributed by atoms with Crippen LogP contribution in [0.15, 0.2) is 24.3 Å². The highest BCUT2D eigenvalue weighted by Crippen LogP contribution is 2.34. The van der Waals surface area contributed by atoms with E-state index in [9.17, 15) is 9.59 Å². The minimum absolute atomic E-state index is 0.169. The molecule has 0 amide bonds. The lowest BCUT2D eigenvalue weighted by atomic mass is 9.99. The number of hydrogen-bond donors (Lipinski definition) is 0. The van der Waals surface area contributed by atoms with E-state index in [0.717, 1.165) is 0 Å². The summed E-state index contributed by atoms with van der Waals surface area (Å²) in [5.74, 6) is -2.20. The summed E-state index contributed by atoms with van der Waals surface area (Å²) in [6.07, 6.45) is -0.362. The third-order valence-electron chi connectivity index (χ3n) is 3.02. The van der Waals surface area contributed by atoms with E-state index in [1.165, 1.54) is 0 Å². The average Bonchev–Trinajstić information content (AvgIpc) is 2.78. The molecule has 0 radical (unpaired) electrons. The van der Waals surface area contributed by atoms with Crippen molar-refractivity contribution in [1.29, 1.82) is 0 Å². The van der Waals surface area contributed by atoms with Gasteiger partial charge in [-0.25, -0.2) is 4.79 Å². The SMILES string of the molecule is CCOC(=O)C(=O)c1ccccc1C1COC(C)(C)O1. The molecule has 5 heteroatoms. The van der Waals surface area contributed by atoms with Gasteiger partial charge >= 0.3 is 5.97 Å². The molecule has 1 aliphatic heterocycles. The number of ketones is 1. The number of Topliss-reactive ketones (excluding diaryl/α,β-unsaturated/α-hetero) is 1. The Kier molecular flexibility index (Phi) is 4.20. The number of hydrogen-bond acceptors (Lipinski definition) is 5. The molecule has 1 aliphatic rings. The molecule has 1 heterocycles. The molecule has 0 saturated carbocycles. The second-order valence-corrected chi connectivity index (χ2v) is 4.95. The van der Waals surface area contributed by atoms with Gasteiger partial charge in [0, 0.05) is 5.56 Å². The van der Waals surface area contributed by atoms with Gasteiger partial charge in [0.05, 0.1) is 13.2 Å². The normalized spacial score (nSPS) is 20.6. The maximum Gasteiger partial charge on any atom is 0.379 e. The van der Waals surface area contributed by atoms with Gasteiger partial charge in [-0.15, -0.1) is 0 Å². The highest BCUT2D eigenvalue weighted by molar-refractivity contribution is 6.41. The lowest BCUT2D eigenvalue weighted by Gasteiger charge is -2.18. The molecule has 0 aliphatic carbocycles. The summed E-state index contributed by atoms with van der Waals surface area (Å²) in [4.78, 5) is 23.7. The van der Waals surface area contributed by atoms with Crippen molar-refractivity contribution in [2.45, 2.75) is 32.7 Å². The van der Waals surface area contributed by atoms with E-state index < -0.39 is 17.5 Å². The van der Waals surface area contributed by atoms with Crippen LogP contribution >= 0.6 is 0 Å². The number of esters is 1. The van der Waals surface area contributed by atoms with Crippen LogP contribution in [0.2, 0.25) is 0 Å². The number of ether oxygens (including phenoxy) is 3. The Balaban J connectivity index is 2.27. The molecule has 108 valence electrons. The molecule has 0 bridgehead atoms. The maximum atomic E-state index is 12.1. The summed E-state index contributed by atoms with van der Waals surface area (Å²) in [6.45, 7) is 5.79. The topological polar surface area (TPSA) is 61.8 Å². The fourth-order valence-electron chi connectivity index (χ4n) is 2.13. The molecule has 0 aromatic heterocycles. The minimum Gasteiger partial charge on any atom is -0.460 e. The summed E-state index contributed by atoms with van der Waals surface area (Å²) in [5.41, 5.74) is 0.952. The van der Waals surface area contributed by atoms with Crippen LogP contribution in [-0.4, -0.2) is 30.8 Å². The van der Waals surface area contributed by atoms with E-state index in [2.05, 4.69) is 0 Å². The predicted octanol–water partition coefficient (Wildman–Crippen LogP) is 2.26. The highest BCUT2D eigenvalue weighted by atomic mass is 16.7. The van der Waals surface area contributed by atoms with Crippen LogP contribution in [0.3, 0.4) is 0 Å². The third kappa shape index (κ3) is 3.05. The first-order valence-electron chi connectivity index (χ1n) is 6.57. The predicted molar refractivity (Wildman–Crippen MR) is 71.3 cm³/mol. The van der Waals surface area contributed by atoms with Crippen molar-refractivity contribution >= 4 is 11.8 Å². The van der Waals surface area contributed by atoms with E-state index >= 15 is 0 Å². The average molecular weight is 278 g/mol. The molecule has 20 heavy (non-hydrogen) atoms. The first kappa shape index (κ1) is 14.7. The maximum absolute atomic E-state index is 12.1. The lowest BCUT2D eigenvalue weighted by Crippen LogP contribution is -2.22. The number of carbonyl (C=O) groups excluding carboxylic acids is 2. The van der Waals surface area contributed by atoms with Crippen LogP contribution in [0.25, 0.3) is 0 Å². The van der Waals surface area contributed by atoms with Crippen molar-refractivity contribution in [1.82, 2.24) is 0 Å². The first-order valence-corrected chi connectivity index (χ1v) is 6.57. The molecule has 1 aromatic carbocycles. The van der Waals surface area contributed by atoms with Gasteiger partial charge in [-0.2, -0.15) is 0 Å². The van der Waals surface area contributed by atoms with Gasteiger partial charge in [-0.1, -0.05) is 24.3 Å². The molecule has 1 aromatic rings. The fourth-order valence-corrected chi connectivity index (χ4v) is 2.13. The summed E-state index contributed by atoms with van der Waals surface area (Å²) < 4.78 is 16.0. The zero-order valence-corrected chi connectivity index (χ0v) is 11.8. The Labute approximate surface area is 117 Å². The van der Waals surface area contributed by atoms with Crippen molar-refractivity contribution in [2.75, 3.05) is 13.2 Å². The van der Waals surface area contributed by atoms with Gasteiger partial charge < -0.3 is 14.2 Å². The zero-order chi connectivity index (χ0) is 14.8. The standard InChI is InChI=1S/C15H18O5/c1-4-18-14(17)13(16)11-8-6-5-7-10(11)12-9-19-15(2,3)20-12/h5-8,12H,4,9H2,1-3H3. The third-order valence-corrected chi connectivity index (χ3v) is 3.02. The quantitative estimate of drug-likeness (QED) is 0.480. The van der Waals surface area contributed by atoms with Crippen molar-refractivity contribution in [3.05, 3.63) is 35.4 Å². The highest BCUT2D eigenvalue weighted by Gasteiger charge is 2.36. The van der Waals surface area contributed by atoms with Crippen LogP contribution in [0.4, 0.5) is 0 Å². The molecular weight excluding hydrogens is 260 g/mol. The Hall–Kier alpha value is -1.72. The van der Waals surface area contributed by atoms with Crippen LogP contribution in [0, 0.1) is 0 Å². The van der Waals surface area contributed by atoms with Gasteiger partial charge in [-0.3, -0.25) is 4.79 Å². The molecular formula is C15H18O5. The van der Waals surface area contributed by atoms with E-state index in [4.69, 9.17) is 14.2 Å². The zero-order valence-electron chi connectivity index (χ0n) is 11.8. The fraction of sp³-hybridized carbons (Fsp3) is 0.467. The van der Waals surface area contributed by atoms with Gasteiger partial charge in [0.1, 0.15) is 6.10 Å².